The Bertz CT molecular complexity index is 2220. The summed E-state index contributed by atoms with van der Waals surface area (Å²) in [4.78, 5) is 4.70. The second kappa shape index (κ2) is 13.0. The summed E-state index contributed by atoms with van der Waals surface area (Å²) in [6.07, 6.45) is 1.85. The SMILES string of the molecule is Cc1ccnc(-n2c3[c-]c(Oc4[c-]c(-n5nc(C(C)C)c(-c6c(C)cccc6C)c5C(C)C)ccc4)ccc3c3ccccc32)c1.[Pt+2]. The van der Waals surface area contributed by atoms with Crippen LogP contribution < -0.4 is 4.74 Å². The van der Waals surface area contributed by atoms with Gasteiger partial charge in [-0.2, -0.15) is 17.2 Å². The van der Waals surface area contributed by atoms with Crippen molar-refractivity contribution in [3.8, 4) is 34.1 Å². The number of aryl methyl sites for hydroxylation is 3. The largest absolute Gasteiger partial charge is 2.00 e. The van der Waals surface area contributed by atoms with E-state index in [-0.39, 0.29) is 32.9 Å². The Morgan fingerprint density at radius 2 is 1.43 bits per heavy atom. The van der Waals surface area contributed by atoms with Crippen LogP contribution >= 0.6 is 0 Å². The molecule has 0 N–H and O–H groups in total. The quantitative estimate of drug-likeness (QED) is 0.151. The number of rotatable bonds is 7. The van der Waals surface area contributed by atoms with Crippen molar-refractivity contribution in [2.75, 3.05) is 0 Å². The monoisotopic (exact) mass is 797 g/mol. The molecule has 238 valence electrons. The van der Waals surface area contributed by atoms with E-state index in [0.29, 0.717) is 11.5 Å². The number of pyridine rings is 1. The maximum absolute atomic E-state index is 6.48. The average Bonchev–Trinajstić information content (AvgIpc) is 3.58. The van der Waals surface area contributed by atoms with Crippen molar-refractivity contribution < 1.29 is 25.8 Å². The third-order valence-corrected chi connectivity index (χ3v) is 8.66. The van der Waals surface area contributed by atoms with E-state index in [2.05, 4.69) is 131 Å². The van der Waals surface area contributed by atoms with Crippen molar-refractivity contribution in [1.82, 2.24) is 19.3 Å². The summed E-state index contributed by atoms with van der Waals surface area (Å²) in [5.41, 5.74) is 11.3. The van der Waals surface area contributed by atoms with Gasteiger partial charge in [-0.05, 0) is 84.1 Å². The van der Waals surface area contributed by atoms with Gasteiger partial charge < -0.3 is 9.30 Å². The molecule has 47 heavy (non-hydrogen) atoms. The molecule has 0 spiro atoms. The Balaban J connectivity index is 0.00000386. The van der Waals surface area contributed by atoms with Crippen LogP contribution in [0.5, 0.6) is 11.5 Å². The first-order valence-corrected chi connectivity index (χ1v) is 16.0. The van der Waals surface area contributed by atoms with E-state index in [4.69, 9.17) is 14.8 Å². The van der Waals surface area contributed by atoms with Gasteiger partial charge in [-0.3, -0.25) is 4.68 Å². The third kappa shape index (κ3) is 5.83. The van der Waals surface area contributed by atoms with Gasteiger partial charge in [0.15, 0.2) is 0 Å². The van der Waals surface area contributed by atoms with Crippen LogP contribution in [0.1, 0.15) is 67.6 Å². The number of fused-ring (bicyclic) bond motifs is 3. The first-order chi connectivity index (χ1) is 22.2. The van der Waals surface area contributed by atoms with Crippen LogP contribution in [0.25, 0.3) is 44.4 Å². The zero-order valence-electron chi connectivity index (χ0n) is 27.8. The summed E-state index contributed by atoms with van der Waals surface area (Å²) in [7, 11) is 0. The molecule has 0 atom stereocenters. The molecule has 0 saturated heterocycles. The number of para-hydroxylation sites is 1. The number of benzene rings is 4. The Labute approximate surface area is 291 Å². The van der Waals surface area contributed by atoms with Gasteiger partial charge in [-0.25, -0.2) is 4.98 Å². The molecule has 6 heteroatoms. The fourth-order valence-corrected chi connectivity index (χ4v) is 6.59. The molecule has 5 nitrogen and oxygen atoms in total. The standard InChI is InChI=1S/C41H38N4O.Pt/c1-25(2)40-39(38-28(6)12-10-13-29(38)7)41(26(3)4)45(43-40)30-14-11-15-31(23-30)46-32-18-19-34-33-16-8-9-17-35(33)44(36(34)24-32)37-22-27(5)20-21-42-37;/h8-22,25-26H,1-7H3;/q-2;+2. The first-order valence-electron chi connectivity index (χ1n) is 16.0. The molecule has 0 amide bonds. The first kappa shape index (κ1) is 32.5. The van der Waals surface area contributed by atoms with Crippen LogP contribution in [0.4, 0.5) is 0 Å². The van der Waals surface area contributed by atoms with Crippen LogP contribution in [-0.4, -0.2) is 19.3 Å². The van der Waals surface area contributed by atoms with Gasteiger partial charge in [0.25, 0.3) is 0 Å². The van der Waals surface area contributed by atoms with Gasteiger partial charge in [-0.15, -0.1) is 35.7 Å². The Hall–Kier alpha value is -4.47. The molecule has 3 heterocycles. The van der Waals surface area contributed by atoms with E-state index in [9.17, 15) is 0 Å². The van der Waals surface area contributed by atoms with Crippen LogP contribution in [0, 0.1) is 32.9 Å². The molecular formula is C41H38N4OPt. The van der Waals surface area contributed by atoms with Crippen molar-refractivity contribution >= 4 is 21.8 Å². The Morgan fingerprint density at radius 1 is 0.702 bits per heavy atom. The Kier molecular flexibility index (Phi) is 8.96. The normalized spacial score (nSPS) is 11.5. The zero-order valence-corrected chi connectivity index (χ0v) is 30.1. The summed E-state index contributed by atoms with van der Waals surface area (Å²) in [6.45, 7) is 15.4. The van der Waals surface area contributed by atoms with Crippen molar-refractivity contribution in [3.05, 3.63) is 131 Å². The number of ether oxygens (including phenoxy) is 1. The minimum atomic E-state index is 0. The van der Waals surface area contributed by atoms with Crippen LogP contribution in [-0.2, 0) is 21.1 Å². The fourth-order valence-electron chi connectivity index (χ4n) is 6.59. The van der Waals surface area contributed by atoms with E-state index in [0.717, 1.165) is 44.6 Å². The van der Waals surface area contributed by atoms with E-state index in [1.165, 1.54) is 27.9 Å². The molecule has 3 aromatic heterocycles. The molecular weight excluding hydrogens is 760 g/mol. The second-order valence-electron chi connectivity index (χ2n) is 12.8. The predicted molar refractivity (Wildman–Crippen MR) is 188 cm³/mol. The van der Waals surface area contributed by atoms with E-state index >= 15 is 0 Å². The third-order valence-electron chi connectivity index (χ3n) is 8.66. The van der Waals surface area contributed by atoms with Crippen molar-refractivity contribution in [2.24, 2.45) is 0 Å². The molecule has 0 aliphatic carbocycles. The van der Waals surface area contributed by atoms with Crippen LogP contribution in [0.2, 0.25) is 0 Å². The smallest absolute Gasteiger partial charge is 0.509 e. The number of nitrogens with zero attached hydrogens (tertiary/aromatic N) is 4. The van der Waals surface area contributed by atoms with E-state index < -0.39 is 0 Å². The maximum Gasteiger partial charge on any atom is 2.00 e. The van der Waals surface area contributed by atoms with Crippen LogP contribution in [0.15, 0.2) is 91.1 Å². The van der Waals surface area contributed by atoms with Crippen molar-refractivity contribution in [3.63, 3.8) is 0 Å². The molecule has 7 aromatic rings. The average molecular weight is 798 g/mol. The summed E-state index contributed by atoms with van der Waals surface area (Å²) in [5.74, 6) is 2.56. The molecule has 0 saturated carbocycles. The number of hydrogen-bond donors (Lipinski definition) is 0. The van der Waals surface area contributed by atoms with Gasteiger partial charge in [0.1, 0.15) is 5.82 Å². The molecule has 0 aliphatic heterocycles. The van der Waals surface area contributed by atoms with E-state index in [1.54, 1.807) is 0 Å². The zero-order chi connectivity index (χ0) is 32.1. The molecule has 0 fully saturated rings. The van der Waals surface area contributed by atoms with E-state index in [1.807, 2.05) is 30.5 Å². The molecule has 0 aliphatic rings. The van der Waals surface area contributed by atoms with Gasteiger partial charge >= 0.3 is 21.1 Å². The maximum atomic E-state index is 6.48. The van der Waals surface area contributed by atoms with Crippen molar-refractivity contribution in [2.45, 2.75) is 60.3 Å². The minimum absolute atomic E-state index is 0. The molecule has 7 rings (SSSR count). The molecule has 4 aromatic carbocycles. The van der Waals surface area contributed by atoms with Gasteiger partial charge in [0.05, 0.1) is 11.4 Å². The molecule has 0 unspecified atom stereocenters. The van der Waals surface area contributed by atoms with Gasteiger partial charge in [0.2, 0.25) is 0 Å². The molecule has 0 radical (unpaired) electrons. The number of hydrogen-bond acceptors (Lipinski definition) is 3. The molecule has 0 bridgehead atoms. The topological polar surface area (TPSA) is 44.9 Å². The van der Waals surface area contributed by atoms with Gasteiger partial charge in [-0.1, -0.05) is 69.6 Å². The summed E-state index contributed by atoms with van der Waals surface area (Å²) < 4.78 is 10.7. The summed E-state index contributed by atoms with van der Waals surface area (Å²) in [6, 6.07) is 36.2. The van der Waals surface area contributed by atoms with Crippen LogP contribution in [0.3, 0.4) is 0 Å². The number of aromatic nitrogens is 4. The minimum Gasteiger partial charge on any atom is -0.509 e. The van der Waals surface area contributed by atoms with Gasteiger partial charge in [0, 0.05) is 28.8 Å². The summed E-state index contributed by atoms with van der Waals surface area (Å²) >= 11 is 0. The Morgan fingerprint density at radius 3 is 2.15 bits per heavy atom. The predicted octanol–water partition coefficient (Wildman–Crippen LogP) is 10.6. The summed E-state index contributed by atoms with van der Waals surface area (Å²) in [5, 5.41) is 7.49. The fraction of sp³-hybridized carbons (Fsp3) is 0.220. The van der Waals surface area contributed by atoms with Crippen molar-refractivity contribution in [1.29, 1.82) is 0 Å². The second-order valence-corrected chi connectivity index (χ2v) is 12.8.